The Balaban J connectivity index is 0.000000165. The molecule has 2 saturated heterocycles. The van der Waals surface area contributed by atoms with Gasteiger partial charge in [0.2, 0.25) is 0 Å². The van der Waals surface area contributed by atoms with Crippen LogP contribution in [0.5, 0.6) is 0 Å². The molecule has 2 aliphatic heterocycles. The summed E-state index contributed by atoms with van der Waals surface area (Å²) in [7, 11) is -2.62. The Hall–Kier alpha value is -0.0900. The zero-order valence-electron chi connectivity index (χ0n) is 10.8. The zero-order valence-corrected chi connectivity index (χ0v) is 11.6. The summed E-state index contributed by atoms with van der Waals surface area (Å²) >= 11 is 0. The van der Waals surface area contributed by atoms with Crippen LogP contribution in [-0.4, -0.2) is 32.1 Å². The first-order chi connectivity index (χ1) is 7.34. The van der Waals surface area contributed by atoms with Gasteiger partial charge < -0.3 is 4.74 Å². The molecule has 0 aromatic carbocycles. The second kappa shape index (κ2) is 5.50. The van der Waals surface area contributed by atoms with Crippen LogP contribution in [0.15, 0.2) is 0 Å². The predicted octanol–water partition coefficient (Wildman–Crippen LogP) is 2.26. The monoisotopic (exact) mass is 248 g/mol. The van der Waals surface area contributed by atoms with Gasteiger partial charge in [-0.25, -0.2) is 8.42 Å². The van der Waals surface area contributed by atoms with E-state index in [0.29, 0.717) is 17.8 Å². The molecule has 2 fully saturated rings. The summed E-state index contributed by atoms with van der Waals surface area (Å²) in [5, 5.41) is -0.0301. The molecule has 0 amide bonds. The normalized spacial score (nSPS) is 31.4. The molecular formula is C12H24O3S. The minimum atomic E-state index is -2.62. The van der Waals surface area contributed by atoms with Crippen molar-refractivity contribution in [2.24, 2.45) is 11.8 Å². The molecule has 0 saturated carbocycles. The minimum absolute atomic E-state index is 0.0301. The number of hydrogen-bond acceptors (Lipinski definition) is 3. The standard InChI is InChI=1S/C6H12O2S.C6H12O/c1-5(2)6-3-4-9(6,7)8;1-5(2)6-3-4-7-6/h5-6H,3-4H2,1-2H3;5-6H,3-4H2,1-2H3. The SMILES string of the molecule is CC(C)C1CCO1.CC(C)C1CCS1(=O)=O. The van der Waals surface area contributed by atoms with Crippen LogP contribution >= 0.6 is 0 Å². The third kappa shape index (κ3) is 3.45. The summed E-state index contributed by atoms with van der Waals surface area (Å²) in [6.07, 6.45) is 2.73. The lowest BCUT2D eigenvalue weighted by Gasteiger charge is -2.29. The largest absolute Gasteiger partial charge is 0.378 e. The molecule has 2 heterocycles. The minimum Gasteiger partial charge on any atom is -0.378 e. The lowest BCUT2D eigenvalue weighted by atomic mass is 10.0. The summed E-state index contributed by atoms with van der Waals surface area (Å²) in [6, 6.07) is 0. The fourth-order valence-corrected chi connectivity index (χ4v) is 3.70. The molecule has 4 heteroatoms. The fraction of sp³-hybridized carbons (Fsp3) is 1.00. The van der Waals surface area contributed by atoms with Crippen LogP contribution in [0.2, 0.25) is 0 Å². The van der Waals surface area contributed by atoms with Crippen LogP contribution in [0.4, 0.5) is 0 Å². The second-order valence-corrected chi connectivity index (χ2v) is 7.72. The maximum Gasteiger partial charge on any atom is 0.153 e. The second-order valence-electron chi connectivity index (χ2n) is 5.38. The van der Waals surface area contributed by atoms with Crippen molar-refractivity contribution >= 4 is 9.84 Å². The predicted molar refractivity (Wildman–Crippen MR) is 66.2 cm³/mol. The highest BCUT2D eigenvalue weighted by molar-refractivity contribution is 7.93. The van der Waals surface area contributed by atoms with Crippen LogP contribution in [0.3, 0.4) is 0 Å². The molecule has 0 radical (unpaired) electrons. The van der Waals surface area contributed by atoms with Gasteiger partial charge in [-0.1, -0.05) is 27.7 Å². The Labute approximate surface area is 99.5 Å². The Morgan fingerprint density at radius 1 is 1.06 bits per heavy atom. The summed E-state index contributed by atoms with van der Waals surface area (Å²) in [4.78, 5) is 0. The molecule has 0 N–H and O–H groups in total. The highest BCUT2D eigenvalue weighted by Gasteiger charge is 2.37. The van der Waals surface area contributed by atoms with E-state index in [-0.39, 0.29) is 5.25 Å². The van der Waals surface area contributed by atoms with Crippen molar-refractivity contribution < 1.29 is 13.2 Å². The molecule has 96 valence electrons. The van der Waals surface area contributed by atoms with Gasteiger partial charge in [0.15, 0.2) is 9.84 Å². The first kappa shape index (κ1) is 14.0. The third-order valence-corrected chi connectivity index (χ3v) is 5.88. The molecule has 2 aliphatic rings. The molecule has 2 unspecified atom stereocenters. The Morgan fingerprint density at radius 3 is 1.62 bits per heavy atom. The van der Waals surface area contributed by atoms with Gasteiger partial charge in [0.1, 0.15) is 0 Å². The summed E-state index contributed by atoms with van der Waals surface area (Å²) in [5.41, 5.74) is 0. The third-order valence-electron chi connectivity index (χ3n) is 3.37. The molecule has 2 atom stereocenters. The van der Waals surface area contributed by atoms with Crippen LogP contribution in [-0.2, 0) is 14.6 Å². The van der Waals surface area contributed by atoms with E-state index in [1.807, 2.05) is 13.8 Å². The quantitative estimate of drug-likeness (QED) is 0.753. The van der Waals surface area contributed by atoms with Gasteiger partial charge in [-0.2, -0.15) is 0 Å². The van der Waals surface area contributed by atoms with Crippen molar-refractivity contribution in [1.29, 1.82) is 0 Å². The molecule has 16 heavy (non-hydrogen) atoms. The van der Waals surface area contributed by atoms with E-state index >= 15 is 0 Å². The average molecular weight is 248 g/mol. The summed E-state index contributed by atoms with van der Waals surface area (Å²) in [6.45, 7) is 9.30. The Bertz CT molecular complexity index is 302. The van der Waals surface area contributed by atoms with Crippen LogP contribution < -0.4 is 0 Å². The highest BCUT2D eigenvalue weighted by Crippen LogP contribution is 2.26. The highest BCUT2D eigenvalue weighted by atomic mass is 32.2. The maximum atomic E-state index is 10.9. The first-order valence-corrected chi connectivity index (χ1v) is 7.89. The number of sulfone groups is 1. The molecular weight excluding hydrogens is 224 g/mol. The topological polar surface area (TPSA) is 43.4 Å². The lowest BCUT2D eigenvalue weighted by molar-refractivity contribution is -0.0763. The van der Waals surface area contributed by atoms with E-state index in [9.17, 15) is 8.42 Å². The molecule has 0 bridgehead atoms. The van der Waals surface area contributed by atoms with Gasteiger partial charge in [-0.3, -0.25) is 0 Å². The number of ether oxygens (including phenoxy) is 1. The van der Waals surface area contributed by atoms with Crippen LogP contribution in [0.1, 0.15) is 40.5 Å². The first-order valence-electron chi connectivity index (χ1n) is 6.17. The van der Waals surface area contributed by atoms with Crippen molar-refractivity contribution in [2.75, 3.05) is 12.4 Å². The molecule has 2 rings (SSSR count). The molecule has 0 spiro atoms. The van der Waals surface area contributed by atoms with E-state index in [1.54, 1.807) is 0 Å². The van der Waals surface area contributed by atoms with Crippen molar-refractivity contribution in [3.8, 4) is 0 Å². The number of hydrogen-bond donors (Lipinski definition) is 0. The van der Waals surface area contributed by atoms with E-state index in [2.05, 4.69) is 13.8 Å². The summed E-state index contributed by atoms with van der Waals surface area (Å²) < 4.78 is 26.9. The van der Waals surface area contributed by atoms with Crippen molar-refractivity contribution in [3.05, 3.63) is 0 Å². The molecule has 0 aliphatic carbocycles. The Morgan fingerprint density at radius 2 is 1.62 bits per heavy atom. The molecule has 0 aromatic rings. The van der Waals surface area contributed by atoms with Gasteiger partial charge in [-0.15, -0.1) is 0 Å². The van der Waals surface area contributed by atoms with Gasteiger partial charge in [0.05, 0.1) is 17.1 Å². The van der Waals surface area contributed by atoms with Crippen LogP contribution in [0, 0.1) is 11.8 Å². The van der Waals surface area contributed by atoms with Gasteiger partial charge in [-0.05, 0) is 24.7 Å². The average Bonchev–Trinajstić information content (AvgIpc) is 1.97. The smallest absolute Gasteiger partial charge is 0.153 e. The zero-order chi connectivity index (χ0) is 12.3. The van der Waals surface area contributed by atoms with Gasteiger partial charge in [0, 0.05) is 6.61 Å². The summed E-state index contributed by atoms with van der Waals surface area (Å²) in [5.74, 6) is 1.45. The van der Waals surface area contributed by atoms with E-state index in [0.717, 1.165) is 18.9 Å². The maximum absolute atomic E-state index is 10.9. The van der Waals surface area contributed by atoms with E-state index in [4.69, 9.17) is 4.74 Å². The van der Waals surface area contributed by atoms with E-state index in [1.165, 1.54) is 6.42 Å². The molecule has 3 nitrogen and oxygen atoms in total. The van der Waals surface area contributed by atoms with E-state index < -0.39 is 9.84 Å². The number of rotatable bonds is 2. The van der Waals surface area contributed by atoms with Gasteiger partial charge >= 0.3 is 0 Å². The Kier molecular flexibility index (Phi) is 4.80. The van der Waals surface area contributed by atoms with Crippen molar-refractivity contribution in [2.45, 2.75) is 51.9 Å². The fourth-order valence-electron chi connectivity index (χ4n) is 1.97. The van der Waals surface area contributed by atoms with Crippen LogP contribution in [0.25, 0.3) is 0 Å². The van der Waals surface area contributed by atoms with Gasteiger partial charge in [0.25, 0.3) is 0 Å². The van der Waals surface area contributed by atoms with Crippen molar-refractivity contribution in [1.82, 2.24) is 0 Å². The molecule has 0 aromatic heterocycles. The van der Waals surface area contributed by atoms with Crippen molar-refractivity contribution in [3.63, 3.8) is 0 Å². The lowest BCUT2D eigenvalue weighted by Crippen LogP contribution is -2.40.